The Balaban J connectivity index is 0.000000172. The van der Waals surface area contributed by atoms with E-state index < -0.39 is 0 Å². The van der Waals surface area contributed by atoms with Crippen molar-refractivity contribution in [2.24, 2.45) is 0 Å². The van der Waals surface area contributed by atoms with E-state index in [1.165, 1.54) is 28.3 Å². The number of rotatable bonds is 13. The molecule has 11 heteroatoms. The topological polar surface area (TPSA) is 65.4 Å². The maximum Gasteiger partial charge on any atom is 0.116 e. The number of anilines is 6. The van der Waals surface area contributed by atoms with Crippen LogP contribution in [0.15, 0.2) is 158 Å². The van der Waals surface area contributed by atoms with Gasteiger partial charge in [-0.05, 0) is 75.2 Å². The molecular formula is C51H47IrN10-5. The summed E-state index contributed by atoms with van der Waals surface area (Å²) in [5.41, 5.74) is 10.8. The van der Waals surface area contributed by atoms with Crippen molar-refractivity contribution >= 4 is 34.1 Å². The molecule has 6 aromatic carbocycles. The molecule has 0 atom stereocenters. The molecule has 0 aliphatic carbocycles. The average Bonchev–Trinajstić information content (AvgIpc) is 4.12. The average molecular weight is 992 g/mol. The summed E-state index contributed by atoms with van der Waals surface area (Å²) in [5, 5.41) is 13.2. The Bertz CT molecular complexity index is 2520. The fourth-order valence-electron chi connectivity index (χ4n) is 7.62. The normalized spacial score (nSPS) is 12.8. The van der Waals surface area contributed by atoms with E-state index in [-0.39, 0.29) is 26.1 Å². The van der Waals surface area contributed by atoms with Gasteiger partial charge in [0.05, 0.1) is 6.04 Å². The Morgan fingerprint density at radius 2 is 1.10 bits per heavy atom. The van der Waals surface area contributed by atoms with Crippen LogP contribution in [0, 0.1) is 37.9 Å². The smallest absolute Gasteiger partial charge is 0.116 e. The molecule has 2 aliphatic rings. The van der Waals surface area contributed by atoms with Crippen molar-refractivity contribution in [3.8, 4) is 11.4 Å². The van der Waals surface area contributed by atoms with E-state index in [0.29, 0.717) is 18.8 Å². The van der Waals surface area contributed by atoms with Crippen LogP contribution in [0.4, 0.5) is 34.1 Å². The van der Waals surface area contributed by atoms with Gasteiger partial charge in [-0.15, -0.1) is 16.6 Å². The third-order valence-electron chi connectivity index (χ3n) is 10.6. The molecule has 0 spiro atoms. The van der Waals surface area contributed by atoms with Crippen molar-refractivity contribution in [3.63, 3.8) is 0 Å². The van der Waals surface area contributed by atoms with Crippen LogP contribution in [0.25, 0.3) is 11.4 Å². The fourth-order valence-corrected chi connectivity index (χ4v) is 7.62. The molecule has 10 rings (SSSR count). The summed E-state index contributed by atoms with van der Waals surface area (Å²) in [4.78, 5) is 9.19. The number of nitrogens with zero attached hydrogens (tertiary/aromatic N) is 10. The molecule has 0 bridgehead atoms. The molecule has 1 radical (unpaired) electrons. The van der Waals surface area contributed by atoms with Crippen LogP contribution in [-0.4, -0.2) is 38.0 Å². The Morgan fingerprint density at radius 1 is 0.597 bits per heavy atom. The van der Waals surface area contributed by atoms with Crippen LogP contribution in [0.5, 0.6) is 0 Å². The van der Waals surface area contributed by atoms with Gasteiger partial charge in [-0.3, -0.25) is 5.10 Å². The third-order valence-corrected chi connectivity index (χ3v) is 10.6. The van der Waals surface area contributed by atoms with Crippen LogP contribution in [0.1, 0.15) is 43.9 Å². The minimum atomic E-state index is 0. The molecule has 4 heterocycles. The zero-order chi connectivity index (χ0) is 41.4. The third kappa shape index (κ3) is 9.65. The second-order valence-electron chi connectivity index (χ2n) is 15.3. The first-order chi connectivity index (χ1) is 30.1. The zero-order valence-corrected chi connectivity index (χ0v) is 37.2. The van der Waals surface area contributed by atoms with Gasteiger partial charge in [0.15, 0.2) is 0 Å². The first kappa shape index (κ1) is 42.2. The second-order valence-corrected chi connectivity index (χ2v) is 15.3. The van der Waals surface area contributed by atoms with Gasteiger partial charge in [-0.1, -0.05) is 96.8 Å². The van der Waals surface area contributed by atoms with E-state index in [1.54, 1.807) is 4.68 Å². The molecular weight excluding hydrogens is 945 g/mol. The molecule has 2 aromatic heterocycles. The number of hydrogen-bond donors (Lipinski definition) is 0. The summed E-state index contributed by atoms with van der Waals surface area (Å²) in [6.07, 6.45) is 8.76. The van der Waals surface area contributed by atoms with Crippen molar-refractivity contribution in [2.75, 3.05) is 32.7 Å². The summed E-state index contributed by atoms with van der Waals surface area (Å²) >= 11 is 0. The molecule has 0 saturated heterocycles. The summed E-state index contributed by atoms with van der Waals surface area (Å²) < 4.78 is 5.45. The van der Waals surface area contributed by atoms with Gasteiger partial charge in [0, 0.05) is 54.6 Å². The molecule has 0 saturated carbocycles. The summed E-state index contributed by atoms with van der Waals surface area (Å²) in [7, 11) is 0. The monoisotopic (exact) mass is 992 g/mol. The summed E-state index contributed by atoms with van der Waals surface area (Å²) in [6.45, 7) is 11.8. The van der Waals surface area contributed by atoms with Crippen LogP contribution in [-0.2, 0) is 33.2 Å². The molecule has 315 valence electrons. The zero-order valence-electron chi connectivity index (χ0n) is 34.8. The number of fused-ring (bicyclic) bond motifs is 2. The van der Waals surface area contributed by atoms with Gasteiger partial charge >= 0.3 is 0 Å². The first-order valence-corrected chi connectivity index (χ1v) is 20.8. The van der Waals surface area contributed by atoms with E-state index in [9.17, 15) is 0 Å². The number of benzene rings is 6. The summed E-state index contributed by atoms with van der Waals surface area (Å²) in [6, 6.07) is 60.7. The van der Waals surface area contributed by atoms with Crippen molar-refractivity contribution < 1.29 is 24.8 Å². The minimum absolute atomic E-state index is 0. The van der Waals surface area contributed by atoms with E-state index in [2.05, 4.69) is 184 Å². The Kier molecular flexibility index (Phi) is 13.5. The molecule has 10 nitrogen and oxygen atoms in total. The SMILES string of the molecule is CC(C)n1n[n+](Cc2ccccc2)[c-]c1-c1[c-]n(Cc2ccccc2)nn1.[Ir].[c-]1ccccc1N1[CH-]N(CCCCN2[CH-]N(c3[c-]cccc3)c3ccccc32)c2ccccc21. The number of para-hydroxylation sites is 6. The Morgan fingerprint density at radius 3 is 1.61 bits per heavy atom. The van der Waals surface area contributed by atoms with E-state index in [4.69, 9.17) is 0 Å². The van der Waals surface area contributed by atoms with Gasteiger partial charge in [0.25, 0.3) is 0 Å². The largest absolute Gasteiger partial charge is 0.501 e. The summed E-state index contributed by atoms with van der Waals surface area (Å²) in [5.74, 6) is 0. The van der Waals surface area contributed by atoms with Crippen molar-refractivity contribution in [1.82, 2.24) is 24.9 Å². The Hall–Kier alpha value is -6.55. The van der Waals surface area contributed by atoms with Gasteiger partial charge in [-0.25, -0.2) is 15.6 Å². The van der Waals surface area contributed by atoms with Crippen LogP contribution in [0.2, 0.25) is 0 Å². The van der Waals surface area contributed by atoms with Gasteiger partial charge in [0.2, 0.25) is 0 Å². The predicted molar refractivity (Wildman–Crippen MR) is 241 cm³/mol. The van der Waals surface area contributed by atoms with Crippen LogP contribution < -0.4 is 24.3 Å². The second kappa shape index (κ2) is 19.9. The van der Waals surface area contributed by atoms with E-state index in [1.807, 2.05) is 70.0 Å². The number of aromatic nitrogens is 6. The van der Waals surface area contributed by atoms with Crippen molar-refractivity contribution in [3.05, 3.63) is 207 Å². The van der Waals surface area contributed by atoms with Gasteiger partial charge < -0.3 is 24.3 Å². The molecule has 8 aromatic rings. The quantitative estimate of drug-likeness (QED) is 0.0648. The van der Waals surface area contributed by atoms with Crippen molar-refractivity contribution in [2.45, 2.75) is 45.8 Å². The van der Waals surface area contributed by atoms with Crippen LogP contribution in [0.3, 0.4) is 0 Å². The molecule has 2 aliphatic heterocycles. The molecule has 62 heavy (non-hydrogen) atoms. The number of hydrogen-bond acceptors (Lipinski definition) is 7. The van der Waals surface area contributed by atoms with E-state index in [0.717, 1.165) is 48.6 Å². The molecule has 0 unspecified atom stereocenters. The molecule has 0 N–H and O–H groups in total. The maximum atomic E-state index is 4.66. The van der Waals surface area contributed by atoms with Gasteiger partial charge in [0.1, 0.15) is 6.54 Å². The predicted octanol–water partition coefficient (Wildman–Crippen LogP) is 9.63. The minimum Gasteiger partial charge on any atom is -0.501 e. The number of unbranched alkanes of at least 4 members (excludes halogenated alkanes) is 1. The Labute approximate surface area is 378 Å². The van der Waals surface area contributed by atoms with Gasteiger partial charge in [-0.2, -0.15) is 79.7 Å². The standard InChI is InChI=1S/C30H26N4.C21H21N6.Ir/c1-3-13-25(14-4-1)33-23-31(27-17-7-9-19-29(27)33)21-11-12-22-32-24-34(26-15-5-2-6-16-26)30-20-10-8-18-28(30)32;1-17(2)27-21(16-26(24-27)14-19-11-7-4-8-12-19)20-15-25(23-22-20)13-18-9-5-3-6-10-18;/h1-10,13,15,17-20,23-24H,11-12,21-22H2;3-12,17H,13-14H2,1-2H3;/q-4;-1;. The maximum absolute atomic E-state index is 4.66. The van der Waals surface area contributed by atoms with Crippen LogP contribution >= 0.6 is 0 Å². The molecule has 0 fully saturated rings. The molecule has 0 amide bonds. The first-order valence-electron chi connectivity index (χ1n) is 20.8. The fraction of sp³-hybridized carbons (Fsp3) is 0.176. The van der Waals surface area contributed by atoms with E-state index >= 15 is 0 Å². The van der Waals surface area contributed by atoms with Crippen molar-refractivity contribution in [1.29, 1.82) is 0 Å².